The lowest BCUT2D eigenvalue weighted by Gasteiger charge is -2.40. The van der Waals surface area contributed by atoms with Gasteiger partial charge in [-0.15, -0.1) is 0 Å². The second-order valence-corrected chi connectivity index (χ2v) is 30.2. The van der Waals surface area contributed by atoms with Gasteiger partial charge in [0.2, 0.25) is 11.4 Å². The van der Waals surface area contributed by atoms with E-state index in [0.717, 1.165) is 18.2 Å². The van der Waals surface area contributed by atoms with Crippen LogP contribution in [0.1, 0.15) is 87.2 Å². The van der Waals surface area contributed by atoms with Crippen LogP contribution in [0.2, 0.25) is 46.3 Å². The van der Waals surface area contributed by atoms with E-state index >= 15 is 0 Å². The molecular formula is C50H64Cl2F2N8O8Si2. The first-order valence-electron chi connectivity index (χ1n) is 22.6. The molecule has 0 saturated carbocycles. The third-order valence-corrected chi connectivity index (χ3v) is 22.4. The predicted molar refractivity (Wildman–Crippen MR) is 283 cm³/mol. The van der Waals surface area contributed by atoms with E-state index in [0.29, 0.717) is 28.2 Å². The molecule has 4 rings (SSSR count). The number of hydrogen-bond donors (Lipinski definition) is 8. The van der Waals surface area contributed by atoms with E-state index in [1.54, 1.807) is 39.0 Å². The highest BCUT2D eigenvalue weighted by Gasteiger charge is 2.42. The van der Waals surface area contributed by atoms with Crippen molar-refractivity contribution in [2.45, 2.75) is 130 Å². The lowest BCUT2D eigenvalue weighted by atomic mass is 10.1. The molecule has 0 fully saturated rings. The van der Waals surface area contributed by atoms with Crippen LogP contribution in [0.5, 0.6) is 11.5 Å². The number of nitrogens with zero attached hydrogens (tertiary/aromatic N) is 2. The Bertz CT molecular complexity index is 2760. The van der Waals surface area contributed by atoms with Crippen LogP contribution < -0.4 is 36.8 Å². The van der Waals surface area contributed by atoms with Gasteiger partial charge in [-0.05, 0) is 124 Å². The number of aromatic hydroxyl groups is 1. The van der Waals surface area contributed by atoms with Crippen molar-refractivity contribution in [3.8, 4) is 11.5 Å². The maximum Gasteiger partial charge on any atom is 0.269 e. The summed E-state index contributed by atoms with van der Waals surface area (Å²) >= 11 is 12.5. The standard InChI is InChI=1S/C31H46ClFN4O4Si2.C19H18ClFN4O4/c1-19-23(16-17-24(34-9)26(19)32)35-27(20(2)40-42(10,11)30(3,4)5)29(39)37-36-28(38)21-14-15-22(33)25(18-21)41-43(12,13)31(6,7)8;1-9-13(6-7-14(22-3)16(9)20)23-17(10(2)26)19(29)25-24-18(28)11-4-5-12(21)15(27)8-11/h14-18,20,27,35H,1-8,10-13H3,(H,36,38)(H,37,39);4-8,10,17,23,26-27H,1-2H3,(H,24,28)(H,25,29)/t20-,27-;10-,17-/m11/s1. The van der Waals surface area contributed by atoms with Gasteiger partial charge in [0.25, 0.3) is 31.9 Å². The van der Waals surface area contributed by atoms with E-state index < -0.39 is 81.9 Å². The fraction of sp³-hybridized carbons (Fsp3) is 0.400. The van der Waals surface area contributed by atoms with Gasteiger partial charge >= 0.3 is 0 Å². The lowest BCUT2D eigenvalue weighted by Crippen LogP contribution is -2.55. The van der Waals surface area contributed by atoms with Crippen LogP contribution in [0.15, 0.2) is 60.7 Å². The summed E-state index contributed by atoms with van der Waals surface area (Å²) in [5, 5.41) is 25.6. The monoisotopic (exact) mass is 1070 g/mol. The maximum atomic E-state index is 14.6. The molecule has 0 aliphatic heterocycles. The summed E-state index contributed by atoms with van der Waals surface area (Å²) in [7, 11) is -4.67. The molecule has 22 heteroatoms. The van der Waals surface area contributed by atoms with E-state index in [-0.39, 0.29) is 42.7 Å². The third-order valence-electron chi connectivity index (χ3n) is 12.6. The SMILES string of the molecule is [C-]#[N+]c1ccc(N[C@@H](C(=O)NNC(=O)c2ccc(F)c(O)c2)[C@@H](C)O)c(C)c1Cl.[C-]#[N+]c1ccc(N[C@@H](C(=O)NNC(=O)c2ccc(F)c(O[Si](C)(C)C(C)(C)C)c2)[C@@H](C)O[Si](C)(C)C(C)(C)C)c(C)c1Cl. The molecule has 16 nitrogen and oxygen atoms in total. The molecule has 0 heterocycles. The first-order valence-corrected chi connectivity index (χ1v) is 29.1. The van der Waals surface area contributed by atoms with Crippen molar-refractivity contribution in [2.75, 3.05) is 10.6 Å². The number of hydrogen-bond acceptors (Lipinski definition) is 10. The molecule has 0 saturated heterocycles. The zero-order valence-corrected chi connectivity index (χ0v) is 46.3. The lowest BCUT2D eigenvalue weighted by molar-refractivity contribution is -0.125. The highest BCUT2D eigenvalue weighted by Crippen LogP contribution is 2.40. The van der Waals surface area contributed by atoms with E-state index in [1.807, 2.05) is 33.9 Å². The van der Waals surface area contributed by atoms with Crippen LogP contribution in [-0.2, 0) is 14.0 Å². The molecule has 0 bridgehead atoms. The quantitative estimate of drug-likeness (QED) is 0.0340. The summed E-state index contributed by atoms with van der Waals surface area (Å²) in [6.07, 6.45) is -1.76. The van der Waals surface area contributed by atoms with Crippen molar-refractivity contribution >= 4 is 86.2 Å². The summed E-state index contributed by atoms with van der Waals surface area (Å²) in [4.78, 5) is 57.8. The summed E-state index contributed by atoms with van der Waals surface area (Å²) in [6.45, 7) is 41.6. The molecule has 0 aromatic heterocycles. The van der Waals surface area contributed by atoms with Crippen molar-refractivity contribution < 1.29 is 47.0 Å². The summed E-state index contributed by atoms with van der Waals surface area (Å²) in [5.41, 5.74) is 11.9. The number of carbonyl (C=O) groups is 4. The normalized spacial score (nSPS) is 13.3. The number of rotatable bonds is 14. The number of benzene rings is 4. The smallest absolute Gasteiger partial charge is 0.269 e. The van der Waals surface area contributed by atoms with Crippen LogP contribution in [-0.4, -0.2) is 74.8 Å². The number of carbonyl (C=O) groups excluding carboxylic acids is 4. The molecule has 0 unspecified atom stereocenters. The number of anilines is 2. The van der Waals surface area contributed by atoms with Crippen molar-refractivity contribution in [1.29, 1.82) is 0 Å². The minimum atomic E-state index is -2.37. The summed E-state index contributed by atoms with van der Waals surface area (Å²) in [5.74, 6) is -4.90. The van der Waals surface area contributed by atoms with Crippen LogP contribution in [0.25, 0.3) is 9.69 Å². The first kappa shape index (κ1) is 60.0. The number of halogens is 4. The second kappa shape index (κ2) is 24.4. The minimum Gasteiger partial charge on any atom is -0.542 e. The van der Waals surface area contributed by atoms with Crippen LogP contribution in [0, 0.1) is 38.6 Å². The molecule has 4 amide bonds. The Kier molecular flexibility index (Phi) is 20.4. The minimum absolute atomic E-state index is 0.00304. The third kappa shape index (κ3) is 15.4. The average Bonchev–Trinajstić information content (AvgIpc) is 3.28. The molecule has 4 atom stereocenters. The largest absolute Gasteiger partial charge is 0.542 e. The number of aliphatic hydroxyl groups is 1. The van der Waals surface area contributed by atoms with Crippen LogP contribution in [0.4, 0.5) is 31.5 Å². The number of amides is 4. The fourth-order valence-corrected chi connectivity index (χ4v) is 8.86. The van der Waals surface area contributed by atoms with Gasteiger partial charge in [-0.3, -0.25) is 40.9 Å². The maximum absolute atomic E-state index is 14.6. The fourth-order valence-electron chi connectivity index (χ4n) is 6.01. The Balaban J connectivity index is 0.000000410. The molecule has 4 aromatic rings. The van der Waals surface area contributed by atoms with Crippen molar-refractivity contribution in [1.82, 2.24) is 21.7 Å². The summed E-state index contributed by atoms with van der Waals surface area (Å²) < 4.78 is 40.4. The molecular weight excluding hydrogens is 1010 g/mol. The molecule has 388 valence electrons. The van der Waals surface area contributed by atoms with Crippen LogP contribution in [0.3, 0.4) is 0 Å². The van der Waals surface area contributed by atoms with Gasteiger partial charge in [0.05, 0.1) is 35.4 Å². The Morgan fingerprint density at radius 1 is 0.653 bits per heavy atom. The Hall–Kier alpha value is -6.27. The van der Waals surface area contributed by atoms with Gasteiger partial charge in [-0.25, -0.2) is 18.5 Å². The van der Waals surface area contributed by atoms with Gasteiger partial charge in [0, 0.05) is 22.5 Å². The van der Waals surface area contributed by atoms with E-state index in [2.05, 4.69) is 75.9 Å². The first-order chi connectivity index (χ1) is 33.2. The topological polar surface area (TPSA) is 208 Å². The molecule has 0 radical (unpaired) electrons. The zero-order chi connectivity index (χ0) is 54.8. The Labute approximate surface area is 432 Å². The van der Waals surface area contributed by atoms with Gasteiger partial charge in [0.15, 0.2) is 25.7 Å². The van der Waals surface area contributed by atoms with Gasteiger partial charge in [-0.1, -0.05) is 76.9 Å². The molecule has 0 aliphatic carbocycles. The van der Waals surface area contributed by atoms with Crippen molar-refractivity contribution in [3.63, 3.8) is 0 Å². The van der Waals surface area contributed by atoms with Crippen molar-refractivity contribution in [3.05, 3.63) is 127 Å². The van der Waals surface area contributed by atoms with Gasteiger partial charge in [0.1, 0.15) is 17.8 Å². The molecule has 72 heavy (non-hydrogen) atoms. The number of phenols is 1. The molecule has 4 aromatic carbocycles. The molecule has 0 spiro atoms. The van der Waals surface area contributed by atoms with E-state index in [1.165, 1.54) is 31.2 Å². The highest BCUT2D eigenvalue weighted by atomic mass is 35.5. The number of aliphatic hydroxyl groups excluding tert-OH is 1. The van der Waals surface area contributed by atoms with Crippen LogP contribution >= 0.6 is 23.2 Å². The van der Waals surface area contributed by atoms with E-state index in [9.17, 15) is 38.2 Å². The zero-order valence-electron chi connectivity index (χ0n) is 42.8. The Morgan fingerprint density at radius 3 is 1.49 bits per heavy atom. The summed E-state index contributed by atoms with van der Waals surface area (Å²) in [6, 6.07) is 11.0. The molecule has 8 N–H and O–H groups in total. The van der Waals surface area contributed by atoms with Crippen molar-refractivity contribution in [2.24, 2.45) is 0 Å². The predicted octanol–water partition coefficient (Wildman–Crippen LogP) is 11.0. The van der Waals surface area contributed by atoms with Gasteiger partial charge in [-0.2, -0.15) is 0 Å². The number of nitrogens with one attached hydrogen (secondary N) is 6. The van der Waals surface area contributed by atoms with E-state index in [4.69, 9.17) is 45.2 Å². The number of phenolic OH excluding ortho intramolecular Hbond substituents is 1. The Morgan fingerprint density at radius 2 is 1.07 bits per heavy atom. The molecule has 0 aliphatic rings. The average molecular weight is 1070 g/mol. The highest BCUT2D eigenvalue weighted by molar-refractivity contribution is 6.75. The number of hydrazine groups is 2. The second-order valence-electron chi connectivity index (χ2n) is 20.0. The van der Waals surface area contributed by atoms with Gasteiger partial charge < -0.3 is 29.7 Å².